The molecule has 0 aliphatic rings. The highest BCUT2D eigenvalue weighted by Crippen LogP contribution is 2.24. The van der Waals surface area contributed by atoms with Crippen molar-refractivity contribution in [3.8, 4) is 6.07 Å². The Morgan fingerprint density at radius 1 is 1.33 bits per heavy atom. The Labute approximate surface area is 131 Å². The van der Waals surface area contributed by atoms with Gasteiger partial charge in [-0.15, -0.1) is 11.8 Å². The van der Waals surface area contributed by atoms with Gasteiger partial charge in [-0.2, -0.15) is 5.26 Å². The molecule has 0 aliphatic heterocycles. The Morgan fingerprint density at radius 2 is 2.14 bits per heavy atom. The average molecular weight is 301 g/mol. The number of nitrogens with zero attached hydrogens (tertiary/aromatic N) is 1. The Morgan fingerprint density at radius 3 is 2.86 bits per heavy atom. The van der Waals surface area contributed by atoms with Gasteiger partial charge in [0.15, 0.2) is 0 Å². The zero-order valence-corrected chi connectivity index (χ0v) is 13.6. The standard InChI is InChI=1S/C17H23N3S/c1-3-19-17(2,13-18)10-6-7-11-21-16-12-14-8-4-5-9-15(14)20-16/h4-5,8-9,12,19-20H,3,6-7,10-11H2,1-2H3. The van der Waals surface area contributed by atoms with Crippen LogP contribution >= 0.6 is 11.8 Å². The van der Waals surface area contributed by atoms with Crippen LogP contribution in [0.15, 0.2) is 35.4 Å². The molecule has 1 unspecified atom stereocenters. The minimum Gasteiger partial charge on any atom is -0.350 e. The first kappa shape index (κ1) is 15.9. The number of nitrogens with one attached hydrogen (secondary N) is 2. The van der Waals surface area contributed by atoms with E-state index in [1.807, 2.05) is 25.6 Å². The fourth-order valence-electron chi connectivity index (χ4n) is 2.46. The van der Waals surface area contributed by atoms with Crippen molar-refractivity contribution in [3.05, 3.63) is 30.3 Å². The molecule has 2 aromatic rings. The smallest absolute Gasteiger partial charge is 0.103 e. The van der Waals surface area contributed by atoms with E-state index < -0.39 is 0 Å². The largest absolute Gasteiger partial charge is 0.350 e. The summed E-state index contributed by atoms with van der Waals surface area (Å²) in [6.45, 7) is 4.87. The van der Waals surface area contributed by atoms with E-state index in [0.717, 1.165) is 31.6 Å². The van der Waals surface area contributed by atoms with Crippen LogP contribution < -0.4 is 5.32 Å². The molecule has 2 N–H and O–H groups in total. The second-order valence-corrected chi connectivity index (χ2v) is 6.64. The van der Waals surface area contributed by atoms with Crippen LogP contribution in [-0.2, 0) is 0 Å². The third kappa shape index (κ3) is 4.52. The number of hydrogen-bond acceptors (Lipinski definition) is 3. The lowest BCUT2D eigenvalue weighted by Crippen LogP contribution is -2.40. The number of nitriles is 1. The summed E-state index contributed by atoms with van der Waals surface area (Å²) in [4.78, 5) is 3.43. The van der Waals surface area contributed by atoms with Crippen molar-refractivity contribution < 1.29 is 0 Å². The van der Waals surface area contributed by atoms with Crippen LogP contribution in [0.2, 0.25) is 0 Å². The van der Waals surface area contributed by atoms with Crippen molar-refractivity contribution in [3.63, 3.8) is 0 Å². The van der Waals surface area contributed by atoms with Crippen LogP contribution in [-0.4, -0.2) is 22.8 Å². The molecule has 0 spiro atoms. The fourth-order valence-corrected chi connectivity index (χ4v) is 3.42. The van der Waals surface area contributed by atoms with Gasteiger partial charge < -0.3 is 4.98 Å². The third-order valence-corrected chi connectivity index (χ3v) is 4.67. The summed E-state index contributed by atoms with van der Waals surface area (Å²) in [6, 6.07) is 12.9. The maximum atomic E-state index is 9.21. The Kier molecular flexibility index (Phi) is 5.72. The number of thioether (sulfide) groups is 1. The van der Waals surface area contributed by atoms with Crippen molar-refractivity contribution in [1.29, 1.82) is 5.26 Å². The topological polar surface area (TPSA) is 51.6 Å². The van der Waals surface area contributed by atoms with Crippen LogP contribution in [0.25, 0.3) is 10.9 Å². The molecule has 0 aliphatic carbocycles. The summed E-state index contributed by atoms with van der Waals surface area (Å²) in [7, 11) is 0. The highest BCUT2D eigenvalue weighted by Gasteiger charge is 2.21. The Bertz CT molecular complexity index is 581. The van der Waals surface area contributed by atoms with Crippen molar-refractivity contribution >= 4 is 22.7 Å². The van der Waals surface area contributed by atoms with Gasteiger partial charge in [0, 0.05) is 10.9 Å². The van der Waals surface area contributed by atoms with Crippen molar-refractivity contribution in [2.75, 3.05) is 12.3 Å². The number of benzene rings is 1. The van der Waals surface area contributed by atoms with Gasteiger partial charge in [-0.25, -0.2) is 0 Å². The molecule has 1 atom stereocenters. The number of hydrogen-bond donors (Lipinski definition) is 2. The molecule has 0 bridgehead atoms. The summed E-state index contributed by atoms with van der Waals surface area (Å²) in [5, 5.41) is 15.0. The number of aromatic amines is 1. The van der Waals surface area contributed by atoms with Crippen LogP contribution in [0.5, 0.6) is 0 Å². The van der Waals surface area contributed by atoms with E-state index in [1.165, 1.54) is 15.9 Å². The highest BCUT2D eigenvalue weighted by molar-refractivity contribution is 7.99. The molecule has 1 aromatic carbocycles. The van der Waals surface area contributed by atoms with E-state index in [2.05, 4.69) is 46.7 Å². The highest BCUT2D eigenvalue weighted by atomic mass is 32.2. The van der Waals surface area contributed by atoms with Crippen molar-refractivity contribution in [1.82, 2.24) is 10.3 Å². The predicted octanol–water partition coefficient (Wildman–Crippen LogP) is 4.32. The van der Waals surface area contributed by atoms with Gasteiger partial charge in [0.25, 0.3) is 0 Å². The molecule has 0 fully saturated rings. The zero-order chi connectivity index (χ0) is 15.1. The van der Waals surface area contributed by atoms with E-state index in [4.69, 9.17) is 0 Å². The molecule has 0 saturated heterocycles. The summed E-state index contributed by atoms with van der Waals surface area (Å²) in [5.41, 5.74) is 0.824. The fraction of sp³-hybridized carbons (Fsp3) is 0.471. The summed E-state index contributed by atoms with van der Waals surface area (Å²) >= 11 is 1.86. The van der Waals surface area contributed by atoms with Gasteiger partial charge in [-0.05, 0) is 50.6 Å². The van der Waals surface area contributed by atoms with Crippen LogP contribution in [0.3, 0.4) is 0 Å². The first-order valence-corrected chi connectivity index (χ1v) is 8.52. The minimum atomic E-state index is -0.374. The van der Waals surface area contributed by atoms with Gasteiger partial charge >= 0.3 is 0 Å². The van der Waals surface area contributed by atoms with E-state index >= 15 is 0 Å². The third-order valence-electron chi connectivity index (χ3n) is 3.65. The van der Waals surface area contributed by atoms with Crippen molar-refractivity contribution in [2.45, 2.75) is 43.7 Å². The Hall–Kier alpha value is -1.44. The van der Waals surface area contributed by atoms with E-state index in [1.54, 1.807) is 0 Å². The summed E-state index contributed by atoms with van der Waals surface area (Å²) < 4.78 is 0. The van der Waals surface area contributed by atoms with Gasteiger partial charge in [-0.1, -0.05) is 25.1 Å². The SMILES string of the molecule is CCNC(C)(C#N)CCCCSc1cc2ccccc2[nH]1. The van der Waals surface area contributed by atoms with E-state index in [0.29, 0.717) is 0 Å². The molecular formula is C17H23N3S. The lowest BCUT2D eigenvalue weighted by molar-refractivity contribution is 0.415. The number of rotatable bonds is 8. The van der Waals surface area contributed by atoms with Gasteiger partial charge in [0.05, 0.1) is 11.1 Å². The minimum absolute atomic E-state index is 0.374. The average Bonchev–Trinajstić information content (AvgIpc) is 2.90. The number of aromatic nitrogens is 1. The molecule has 2 rings (SSSR count). The Balaban J connectivity index is 1.73. The molecule has 0 radical (unpaired) electrons. The van der Waals surface area contributed by atoms with E-state index in [9.17, 15) is 5.26 Å². The molecule has 112 valence electrons. The van der Waals surface area contributed by atoms with Crippen molar-refractivity contribution in [2.24, 2.45) is 0 Å². The summed E-state index contributed by atoms with van der Waals surface area (Å²) in [6.07, 6.45) is 3.11. The van der Waals surface area contributed by atoms with Gasteiger partial charge in [0.2, 0.25) is 0 Å². The quantitative estimate of drug-likeness (QED) is 0.564. The number of H-pyrrole nitrogens is 1. The number of unbranched alkanes of at least 4 members (excludes halogenated alkanes) is 1. The molecule has 3 nitrogen and oxygen atoms in total. The predicted molar refractivity (Wildman–Crippen MR) is 90.6 cm³/mol. The lowest BCUT2D eigenvalue weighted by Gasteiger charge is -2.22. The van der Waals surface area contributed by atoms with Gasteiger partial charge in [0.1, 0.15) is 5.54 Å². The molecule has 4 heteroatoms. The molecule has 0 saturated carbocycles. The second kappa shape index (κ2) is 7.53. The van der Waals surface area contributed by atoms with Crippen LogP contribution in [0.1, 0.15) is 33.1 Å². The maximum absolute atomic E-state index is 9.21. The maximum Gasteiger partial charge on any atom is 0.103 e. The molecule has 21 heavy (non-hydrogen) atoms. The number of para-hydroxylation sites is 1. The van der Waals surface area contributed by atoms with Gasteiger partial charge in [-0.3, -0.25) is 5.32 Å². The lowest BCUT2D eigenvalue weighted by atomic mass is 9.97. The first-order chi connectivity index (χ1) is 10.2. The normalized spacial score (nSPS) is 14.0. The first-order valence-electron chi connectivity index (χ1n) is 7.54. The van der Waals surface area contributed by atoms with Crippen LogP contribution in [0.4, 0.5) is 0 Å². The molecule has 0 amide bonds. The second-order valence-electron chi connectivity index (χ2n) is 5.50. The van der Waals surface area contributed by atoms with E-state index in [-0.39, 0.29) is 5.54 Å². The zero-order valence-electron chi connectivity index (χ0n) is 12.8. The van der Waals surface area contributed by atoms with Crippen LogP contribution in [0, 0.1) is 11.3 Å². The number of fused-ring (bicyclic) bond motifs is 1. The molecular weight excluding hydrogens is 278 g/mol. The molecule has 1 heterocycles. The molecule has 1 aromatic heterocycles. The monoisotopic (exact) mass is 301 g/mol. The summed E-state index contributed by atoms with van der Waals surface area (Å²) in [5.74, 6) is 1.08.